The van der Waals surface area contributed by atoms with E-state index in [0.717, 1.165) is 30.0 Å². The number of aromatic hydroxyl groups is 1. The number of phenols is 1. The SMILES string of the molecule is Oc1cc(N2CCOCC2)ccc1C=NNc1nc(-c2ccccc2)cs1. The molecule has 1 aliphatic heterocycles. The fraction of sp³-hybridized carbons (Fsp3) is 0.200. The lowest BCUT2D eigenvalue weighted by Crippen LogP contribution is -2.36. The highest BCUT2D eigenvalue weighted by Crippen LogP contribution is 2.26. The van der Waals surface area contributed by atoms with Crippen molar-refractivity contribution in [2.75, 3.05) is 36.6 Å². The number of hydrogen-bond acceptors (Lipinski definition) is 7. The van der Waals surface area contributed by atoms with Gasteiger partial charge in [0.1, 0.15) is 5.75 Å². The molecule has 0 aliphatic carbocycles. The fourth-order valence-electron chi connectivity index (χ4n) is 2.88. The van der Waals surface area contributed by atoms with Crippen molar-refractivity contribution in [1.29, 1.82) is 0 Å². The predicted molar refractivity (Wildman–Crippen MR) is 110 cm³/mol. The molecule has 0 unspecified atom stereocenters. The van der Waals surface area contributed by atoms with E-state index < -0.39 is 0 Å². The molecule has 4 rings (SSSR count). The minimum absolute atomic E-state index is 0.202. The number of nitrogens with one attached hydrogen (secondary N) is 1. The molecule has 1 fully saturated rings. The molecule has 1 saturated heterocycles. The van der Waals surface area contributed by atoms with E-state index >= 15 is 0 Å². The Labute approximate surface area is 161 Å². The molecular formula is C20H20N4O2S. The summed E-state index contributed by atoms with van der Waals surface area (Å²) in [6, 6.07) is 15.6. The van der Waals surface area contributed by atoms with Gasteiger partial charge in [-0.05, 0) is 12.1 Å². The van der Waals surface area contributed by atoms with Crippen LogP contribution in [-0.4, -0.2) is 42.6 Å². The number of benzene rings is 2. The molecule has 0 bridgehead atoms. The maximum atomic E-state index is 10.3. The average molecular weight is 380 g/mol. The molecule has 0 spiro atoms. The van der Waals surface area contributed by atoms with Crippen LogP contribution >= 0.6 is 11.3 Å². The van der Waals surface area contributed by atoms with Crippen molar-refractivity contribution >= 4 is 28.4 Å². The zero-order chi connectivity index (χ0) is 18.5. The quantitative estimate of drug-likeness (QED) is 0.520. The molecule has 2 N–H and O–H groups in total. The first-order chi connectivity index (χ1) is 13.3. The summed E-state index contributed by atoms with van der Waals surface area (Å²) in [4.78, 5) is 6.72. The minimum atomic E-state index is 0.202. The lowest BCUT2D eigenvalue weighted by molar-refractivity contribution is 0.122. The molecule has 6 nitrogen and oxygen atoms in total. The largest absolute Gasteiger partial charge is 0.507 e. The minimum Gasteiger partial charge on any atom is -0.507 e. The van der Waals surface area contributed by atoms with E-state index in [1.165, 1.54) is 11.3 Å². The lowest BCUT2D eigenvalue weighted by atomic mass is 10.2. The van der Waals surface area contributed by atoms with Crippen LogP contribution in [-0.2, 0) is 4.74 Å². The third-order valence-electron chi connectivity index (χ3n) is 4.33. The Morgan fingerprint density at radius 3 is 2.74 bits per heavy atom. The zero-order valence-electron chi connectivity index (χ0n) is 14.7. The van der Waals surface area contributed by atoms with E-state index in [9.17, 15) is 5.11 Å². The Balaban J connectivity index is 1.40. The van der Waals surface area contributed by atoms with Crippen molar-refractivity contribution in [1.82, 2.24) is 4.98 Å². The van der Waals surface area contributed by atoms with Gasteiger partial charge in [0.15, 0.2) is 0 Å². The molecule has 1 aromatic heterocycles. The molecule has 0 amide bonds. The van der Waals surface area contributed by atoms with Crippen molar-refractivity contribution in [3.05, 3.63) is 59.5 Å². The summed E-state index contributed by atoms with van der Waals surface area (Å²) in [5.74, 6) is 0.202. The normalized spacial score (nSPS) is 14.6. The first-order valence-electron chi connectivity index (χ1n) is 8.75. The molecule has 0 radical (unpaired) electrons. The molecule has 27 heavy (non-hydrogen) atoms. The molecule has 138 valence electrons. The second-order valence-electron chi connectivity index (χ2n) is 6.12. The Morgan fingerprint density at radius 1 is 1.15 bits per heavy atom. The van der Waals surface area contributed by atoms with E-state index in [0.29, 0.717) is 23.9 Å². The maximum absolute atomic E-state index is 10.3. The van der Waals surface area contributed by atoms with Crippen molar-refractivity contribution in [2.24, 2.45) is 5.10 Å². The first-order valence-corrected chi connectivity index (χ1v) is 9.63. The van der Waals surface area contributed by atoms with Crippen LogP contribution in [0.3, 0.4) is 0 Å². The van der Waals surface area contributed by atoms with Crippen LogP contribution in [0.1, 0.15) is 5.56 Å². The van der Waals surface area contributed by atoms with E-state index in [1.54, 1.807) is 12.3 Å². The third kappa shape index (κ3) is 4.27. The highest BCUT2D eigenvalue weighted by Gasteiger charge is 2.12. The monoisotopic (exact) mass is 380 g/mol. The number of ether oxygens (including phenoxy) is 1. The molecule has 0 atom stereocenters. The molecule has 7 heteroatoms. The van der Waals surface area contributed by atoms with Crippen LogP contribution in [0.15, 0.2) is 59.0 Å². The summed E-state index contributed by atoms with van der Waals surface area (Å²) in [7, 11) is 0. The summed E-state index contributed by atoms with van der Waals surface area (Å²) in [5, 5.41) is 17.2. The number of rotatable bonds is 5. The Bertz CT molecular complexity index is 921. The Hall–Kier alpha value is -2.90. The zero-order valence-corrected chi connectivity index (χ0v) is 15.5. The van der Waals surface area contributed by atoms with Gasteiger partial charge < -0.3 is 14.7 Å². The predicted octanol–water partition coefficient (Wildman–Crippen LogP) is 3.80. The summed E-state index contributed by atoms with van der Waals surface area (Å²) in [6.45, 7) is 3.10. The molecule has 2 heterocycles. The number of thiazole rings is 1. The van der Waals surface area contributed by atoms with Crippen molar-refractivity contribution in [3.63, 3.8) is 0 Å². The van der Waals surface area contributed by atoms with Gasteiger partial charge in [0.25, 0.3) is 0 Å². The van der Waals surface area contributed by atoms with Gasteiger partial charge in [0.05, 0.1) is 25.1 Å². The Morgan fingerprint density at radius 2 is 1.96 bits per heavy atom. The number of hydrazone groups is 1. The summed E-state index contributed by atoms with van der Waals surface area (Å²) >= 11 is 1.49. The van der Waals surface area contributed by atoms with Crippen LogP contribution in [0.5, 0.6) is 5.75 Å². The topological polar surface area (TPSA) is 70.0 Å². The van der Waals surface area contributed by atoms with Gasteiger partial charge >= 0.3 is 0 Å². The number of hydrogen-bond donors (Lipinski definition) is 2. The van der Waals surface area contributed by atoms with Gasteiger partial charge in [-0.1, -0.05) is 30.3 Å². The van der Waals surface area contributed by atoms with E-state index in [-0.39, 0.29) is 5.75 Å². The van der Waals surface area contributed by atoms with Gasteiger partial charge in [-0.2, -0.15) is 5.10 Å². The standard InChI is InChI=1S/C20H20N4O2S/c25-19-12-17(24-8-10-26-11-9-24)7-6-16(19)13-21-23-20-22-18(14-27-20)15-4-2-1-3-5-15/h1-7,12-14,25H,8-11H2,(H,22,23). The first kappa shape index (κ1) is 17.5. The number of phenolic OH excluding ortho intramolecular Hbond substituents is 1. The van der Waals surface area contributed by atoms with E-state index in [4.69, 9.17) is 4.74 Å². The van der Waals surface area contributed by atoms with Crippen LogP contribution in [0.25, 0.3) is 11.3 Å². The van der Waals surface area contributed by atoms with Gasteiger partial charge in [-0.25, -0.2) is 4.98 Å². The molecular weight excluding hydrogens is 360 g/mol. The van der Waals surface area contributed by atoms with E-state index in [2.05, 4.69) is 20.4 Å². The lowest BCUT2D eigenvalue weighted by Gasteiger charge is -2.29. The number of anilines is 2. The second kappa shape index (κ2) is 8.20. The fourth-order valence-corrected chi connectivity index (χ4v) is 3.55. The number of nitrogens with zero attached hydrogens (tertiary/aromatic N) is 3. The molecule has 1 aliphatic rings. The van der Waals surface area contributed by atoms with Crippen molar-refractivity contribution in [2.45, 2.75) is 0 Å². The highest BCUT2D eigenvalue weighted by molar-refractivity contribution is 7.14. The van der Waals surface area contributed by atoms with Crippen molar-refractivity contribution in [3.8, 4) is 17.0 Å². The maximum Gasteiger partial charge on any atom is 0.203 e. The Kier molecular flexibility index (Phi) is 5.32. The third-order valence-corrected chi connectivity index (χ3v) is 5.07. The summed E-state index contributed by atoms with van der Waals surface area (Å²) in [5.41, 5.74) is 6.56. The van der Waals surface area contributed by atoms with Gasteiger partial charge in [-0.3, -0.25) is 5.43 Å². The highest BCUT2D eigenvalue weighted by atomic mass is 32.1. The van der Waals surface area contributed by atoms with Crippen LogP contribution in [0.2, 0.25) is 0 Å². The summed E-state index contributed by atoms with van der Waals surface area (Å²) in [6.07, 6.45) is 1.60. The smallest absolute Gasteiger partial charge is 0.203 e. The average Bonchev–Trinajstić information content (AvgIpc) is 3.19. The van der Waals surface area contributed by atoms with Crippen molar-refractivity contribution < 1.29 is 9.84 Å². The van der Waals surface area contributed by atoms with Crippen LogP contribution in [0.4, 0.5) is 10.8 Å². The summed E-state index contributed by atoms with van der Waals surface area (Å²) < 4.78 is 5.36. The van der Waals surface area contributed by atoms with E-state index in [1.807, 2.05) is 47.8 Å². The van der Waals surface area contributed by atoms with Gasteiger partial charge in [0.2, 0.25) is 5.13 Å². The number of morpholine rings is 1. The molecule has 0 saturated carbocycles. The van der Waals surface area contributed by atoms with Gasteiger partial charge in [0, 0.05) is 41.4 Å². The second-order valence-corrected chi connectivity index (χ2v) is 6.97. The number of aromatic nitrogens is 1. The van der Waals surface area contributed by atoms with Crippen LogP contribution in [0, 0.1) is 0 Å². The van der Waals surface area contributed by atoms with Gasteiger partial charge in [-0.15, -0.1) is 11.3 Å². The van der Waals surface area contributed by atoms with Crippen LogP contribution < -0.4 is 10.3 Å². The molecule has 2 aromatic carbocycles. The molecule has 3 aromatic rings.